The number of hydrogen-bond donors (Lipinski definition) is 0. The van der Waals surface area contributed by atoms with Gasteiger partial charge in [-0.05, 0) is 13.3 Å². The summed E-state index contributed by atoms with van der Waals surface area (Å²) in [5.74, 6) is 0.220. The summed E-state index contributed by atoms with van der Waals surface area (Å²) in [7, 11) is 0. The first-order valence-electron chi connectivity index (χ1n) is 2.91. The Hall–Kier alpha value is 0.630. The molecule has 0 aliphatic carbocycles. The van der Waals surface area contributed by atoms with E-state index in [0.29, 0.717) is 0 Å². The molecule has 0 aromatic rings. The molecule has 0 aromatic heterocycles. The summed E-state index contributed by atoms with van der Waals surface area (Å²) in [6.45, 7) is 3.82. The van der Waals surface area contributed by atoms with Crippen molar-refractivity contribution in [1.82, 2.24) is 0 Å². The molecule has 0 saturated carbocycles. The Morgan fingerprint density at radius 3 is 2.11 bits per heavy atom. The molecule has 0 fully saturated rings. The highest BCUT2D eigenvalue weighted by Crippen LogP contribution is 2.12. The predicted molar refractivity (Wildman–Crippen MR) is 46.4 cm³/mol. The molecular weight excluding hydrogens is 248 g/mol. The molecule has 9 heavy (non-hydrogen) atoms. The monoisotopic (exact) mass is 256 g/mol. The Labute approximate surface area is 72.5 Å². The Kier molecular flexibility index (Phi) is 4.76. The molecule has 2 atom stereocenters. The third-order valence-corrected chi connectivity index (χ3v) is 2.61. The summed E-state index contributed by atoms with van der Waals surface area (Å²) in [6, 6.07) is 0. The summed E-state index contributed by atoms with van der Waals surface area (Å²) in [5.41, 5.74) is 0. The first-order chi connectivity index (χ1) is 4.09. The fourth-order valence-electron chi connectivity index (χ4n) is 0.450. The highest BCUT2D eigenvalue weighted by atomic mass is 79.9. The van der Waals surface area contributed by atoms with Crippen LogP contribution in [0, 0.1) is 0 Å². The van der Waals surface area contributed by atoms with Gasteiger partial charge in [-0.1, -0.05) is 38.8 Å². The lowest BCUT2D eigenvalue weighted by atomic mass is 10.2. The van der Waals surface area contributed by atoms with Crippen molar-refractivity contribution in [1.29, 1.82) is 0 Å². The summed E-state index contributed by atoms with van der Waals surface area (Å²) in [6.07, 6.45) is 0.856. The van der Waals surface area contributed by atoms with Crippen LogP contribution in [0.3, 0.4) is 0 Å². The molecule has 0 rings (SSSR count). The second-order valence-corrected chi connectivity index (χ2v) is 4.37. The molecule has 0 aliphatic rings. The highest BCUT2D eigenvalue weighted by Gasteiger charge is 2.16. The zero-order valence-electron chi connectivity index (χ0n) is 5.53. The van der Waals surface area contributed by atoms with E-state index in [0.717, 1.165) is 6.42 Å². The van der Waals surface area contributed by atoms with Gasteiger partial charge in [0.2, 0.25) is 0 Å². The molecule has 2 unspecified atom stereocenters. The Balaban J connectivity index is 3.73. The number of Topliss-reactive ketones (excluding diaryl/α,β-unsaturated/α-hetero) is 1. The summed E-state index contributed by atoms with van der Waals surface area (Å²) in [4.78, 5) is 11.0. The molecule has 0 aromatic carbocycles. The Bertz CT molecular complexity index is 101. The smallest absolute Gasteiger partial charge is 0.159 e. The predicted octanol–water partition coefficient (Wildman–Crippen LogP) is 2.51. The summed E-state index contributed by atoms with van der Waals surface area (Å²) in [5, 5.41) is 0. The van der Waals surface area contributed by atoms with E-state index in [1.165, 1.54) is 0 Å². The molecule has 0 aliphatic heterocycles. The van der Waals surface area contributed by atoms with Gasteiger partial charge in [0.05, 0.1) is 9.65 Å². The van der Waals surface area contributed by atoms with Crippen molar-refractivity contribution in [3.05, 3.63) is 0 Å². The number of alkyl halides is 2. The second-order valence-electron chi connectivity index (χ2n) is 1.89. The van der Waals surface area contributed by atoms with Gasteiger partial charge in [-0.2, -0.15) is 0 Å². The largest absolute Gasteiger partial charge is 0.297 e. The molecule has 54 valence electrons. The van der Waals surface area contributed by atoms with Gasteiger partial charge in [-0.3, -0.25) is 4.79 Å². The van der Waals surface area contributed by atoms with Crippen LogP contribution in [0.4, 0.5) is 0 Å². The molecule has 0 bridgehead atoms. The number of ketones is 1. The third-order valence-electron chi connectivity index (χ3n) is 1.06. The first-order valence-corrected chi connectivity index (χ1v) is 4.74. The van der Waals surface area contributed by atoms with E-state index in [1.54, 1.807) is 0 Å². The molecule has 0 N–H and O–H groups in total. The molecule has 0 spiro atoms. The molecule has 0 radical (unpaired) electrons. The minimum absolute atomic E-state index is 0.0203. The van der Waals surface area contributed by atoms with Crippen molar-refractivity contribution < 1.29 is 4.79 Å². The van der Waals surface area contributed by atoms with E-state index in [2.05, 4.69) is 31.9 Å². The van der Waals surface area contributed by atoms with Crippen LogP contribution < -0.4 is 0 Å². The Morgan fingerprint density at radius 2 is 2.00 bits per heavy atom. The maximum Gasteiger partial charge on any atom is 0.159 e. The van der Waals surface area contributed by atoms with E-state index in [9.17, 15) is 4.79 Å². The van der Waals surface area contributed by atoms with Crippen LogP contribution in [0.1, 0.15) is 20.3 Å². The van der Waals surface area contributed by atoms with Crippen molar-refractivity contribution in [2.45, 2.75) is 29.9 Å². The minimum Gasteiger partial charge on any atom is -0.297 e. The van der Waals surface area contributed by atoms with Crippen LogP contribution in [-0.2, 0) is 4.79 Å². The van der Waals surface area contributed by atoms with Gasteiger partial charge in [0.15, 0.2) is 5.78 Å². The maximum absolute atomic E-state index is 11.0. The molecule has 1 nitrogen and oxygen atoms in total. The zero-order chi connectivity index (χ0) is 7.44. The van der Waals surface area contributed by atoms with Crippen molar-refractivity contribution in [2.75, 3.05) is 0 Å². The van der Waals surface area contributed by atoms with Gasteiger partial charge in [0.1, 0.15) is 0 Å². The molecule has 0 saturated heterocycles. The van der Waals surface area contributed by atoms with E-state index in [1.807, 2.05) is 13.8 Å². The molecule has 0 heterocycles. The normalized spacial score (nSPS) is 16.9. The van der Waals surface area contributed by atoms with E-state index < -0.39 is 0 Å². The van der Waals surface area contributed by atoms with Crippen LogP contribution in [-0.4, -0.2) is 15.4 Å². The first kappa shape index (κ1) is 9.63. The van der Waals surface area contributed by atoms with E-state index in [-0.39, 0.29) is 15.4 Å². The van der Waals surface area contributed by atoms with Gasteiger partial charge in [0, 0.05) is 0 Å². The van der Waals surface area contributed by atoms with Crippen LogP contribution in [0.15, 0.2) is 0 Å². The number of rotatable bonds is 3. The van der Waals surface area contributed by atoms with Gasteiger partial charge < -0.3 is 0 Å². The van der Waals surface area contributed by atoms with Crippen LogP contribution in [0.2, 0.25) is 0 Å². The Morgan fingerprint density at radius 1 is 1.56 bits per heavy atom. The lowest BCUT2D eigenvalue weighted by Gasteiger charge is -2.05. The number of hydrogen-bond acceptors (Lipinski definition) is 1. The fourth-order valence-corrected chi connectivity index (χ4v) is 1.52. The van der Waals surface area contributed by atoms with Crippen LogP contribution in [0.25, 0.3) is 0 Å². The van der Waals surface area contributed by atoms with Crippen molar-refractivity contribution in [2.24, 2.45) is 0 Å². The van der Waals surface area contributed by atoms with Crippen LogP contribution in [0.5, 0.6) is 0 Å². The van der Waals surface area contributed by atoms with Gasteiger partial charge in [-0.25, -0.2) is 0 Å². The number of carbonyl (C=O) groups is 1. The summed E-state index contributed by atoms with van der Waals surface area (Å²) >= 11 is 6.46. The van der Waals surface area contributed by atoms with Crippen LogP contribution >= 0.6 is 31.9 Å². The quantitative estimate of drug-likeness (QED) is 0.711. The van der Waals surface area contributed by atoms with Crippen molar-refractivity contribution in [3.8, 4) is 0 Å². The zero-order valence-corrected chi connectivity index (χ0v) is 8.70. The molecular formula is C6H10Br2O. The number of halogens is 2. The van der Waals surface area contributed by atoms with E-state index in [4.69, 9.17) is 0 Å². The van der Waals surface area contributed by atoms with Gasteiger partial charge >= 0.3 is 0 Å². The second kappa shape index (κ2) is 4.45. The van der Waals surface area contributed by atoms with Crippen molar-refractivity contribution in [3.63, 3.8) is 0 Å². The van der Waals surface area contributed by atoms with Gasteiger partial charge in [0.25, 0.3) is 0 Å². The van der Waals surface area contributed by atoms with Crippen molar-refractivity contribution >= 4 is 37.6 Å². The topological polar surface area (TPSA) is 17.1 Å². The average molecular weight is 258 g/mol. The lowest BCUT2D eigenvalue weighted by molar-refractivity contribution is -0.117. The fraction of sp³-hybridized carbons (Fsp3) is 0.833. The molecule has 0 amide bonds. The SMILES string of the molecule is CCC(Br)C(=O)C(C)Br. The van der Waals surface area contributed by atoms with E-state index >= 15 is 0 Å². The average Bonchev–Trinajstić information content (AvgIpc) is 1.84. The third kappa shape index (κ3) is 3.36. The van der Waals surface area contributed by atoms with Gasteiger partial charge in [-0.15, -0.1) is 0 Å². The highest BCUT2D eigenvalue weighted by molar-refractivity contribution is 9.10. The standard InChI is InChI=1S/C6H10Br2O/c1-3-5(8)6(9)4(2)7/h4-5H,3H2,1-2H3. The minimum atomic E-state index is -0.0261. The maximum atomic E-state index is 11.0. The number of carbonyl (C=O) groups excluding carboxylic acids is 1. The summed E-state index contributed by atoms with van der Waals surface area (Å²) < 4.78 is 0. The molecule has 3 heteroatoms. The lowest BCUT2D eigenvalue weighted by Crippen LogP contribution is -2.20.